The van der Waals surface area contributed by atoms with Gasteiger partial charge in [0.2, 0.25) is 15.9 Å². The lowest BCUT2D eigenvalue weighted by Crippen LogP contribution is -2.58. The molecule has 216 valence electrons. The molecular weight excluding hydrogens is 589 g/mol. The molecule has 3 aromatic rings. The normalized spacial score (nSPS) is 18.0. The predicted molar refractivity (Wildman–Crippen MR) is 157 cm³/mol. The first-order valence-corrected chi connectivity index (χ1v) is 15.0. The molecule has 0 aromatic heterocycles. The van der Waals surface area contributed by atoms with Crippen molar-refractivity contribution in [1.29, 1.82) is 0 Å². The Morgan fingerprint density at radius 1 is 1.02 bits per heavy atom. The maximum atomic E-state index is 13.5. The number of hydrogen-bond donors (Lipinski definition) is 3. The van der Waals surface area contributed by atoms with E-state index in [4.69, 9.17) is 23.2 Å². The smallest absolute Gasteiger partial charge is 0.326 e. The van der Waals surface area contributed by atoms with Crippen LogP contribution in [0.3, 0.4) is 0 Å². The Kier molecular flexibility index (Phi) is 9.08. The molecule has 1 fully saturated rings. The van der Waals surface area contributed by atoms with Crippen LogP contribution >= 0.6 is 23.2 Å². The molecule has 0 aliphatic carbocycles. The third kappa shape index (κ3) is 6.41. The first kappa shape index (κ1) is 30.5. The summed E-state index contributed by atoms with van der Waals surface area (Å²) in [6.45, 7) is 1.56. The number of nitrogens with one attached hydrogen (secondary N) is 2. The van der Waals surface area contributed by atoms with Crippen molar-refractivity contribution in [3.05, 3.63) is 87.9 Å². The zero-order valence-electron chi connectivity index (χ0n) is 22.4. The van der Waals surface area contributed by atoms with Gasteiger partial charge in [0, 0.05) is 35.6 Å². The summed E-state index contributed by atoms with van der Waals surface area (Å²) in [7, 11) is -2.61. The van der Waals surface area contributed by atoms with Crippen molar-refractivity contribution in [2.45, 2.75) is 42.7 Å². The topological polar surface area (TPSA) is 133 Å². The molecule has 2 amide bonds. The number of aliphatic carboxylic acids is 1. The molecule has 4 rings (SSSR count). The standard InChI is InChI=1S/C29H29Cl2N3O6S/c1-29(12-5-13-34(29)41(39,40)22-16-20(30)15-21(31)17-22)28(38)33-25(27(36)37)14-18-8-10-19(11-9-18)23-6-3-4-7-24(23)26(35)32-2/h3-4,6-11,15-17,25H,5,12-14H2,1-2H3,(H,32,35)(H,33,38)(H,36,37)/t25?,29-/m0/s1. The minimum atomic E-state index is -4.17. The van der Waals surface area contributed by atoms with Gasteiger partial charge in [-0.15, -0.1) is 0 Å². The highest BCUT2D eigenvalue weighted by atomic mass is 35.5. The highest BCUT2D eigenvalue weighted by molar-refractivity contribution is 7.89. The van der Waals surface area contributed by atoms with Crippen LogP contribution in [0.2, 0.25) is 10.0 Å². The van der Waals surface area contributed by atoms with E-state index in [9.17, 15) is 27.9 Å². The molecule has 1 aliphatic heterocycles. The van der Waals surface area contributed by atoms with E-state index in [1.165, 1.54) is 25.1 Å². The number of carboxylic acid groups (broad SMARTS) is 1. The van der Waals surface area contributed by atoms with Crippen LogP contribution in [0.5, 0.6) is 0 Å². The Labute approximate surface area is 248 Å². The lowest BCUT2D eigenvalue weighted by molar-refractivity contribution is -0.143. The Morgan fingerprint density at radius 3 is 2.27 bits per heavy atom. The van der Waals surface area contributed by atoms with Gasteiger partial charge in [0.05, 0.1) is 4.90 Å². The van der Waals surface area contributed by atoms with Gasteiger partial charge in [-0.1, -0.05) is 65.7 Å². The van der Waals surface area contributed by atoms with Crippen LogP contribution in [0.25, 0.3) is 11.1 Å². The maximum Gasteiger partial charge on any atom is 0.326 e. The maximum absolute atomic E-state index is 13.5. The Balaban J connectivity index is 1.54. The van der Waals surface area contributed by atoms with Gasteiger partial charge in [0.15, 0.2) is 0 Å². The van der Waals surface area contributed by atoms with Crippen molar-refractivity contribution in [3.63, 3.8) is 0 Å². The van der Waals surface area contributed by atoms with Gasteiger partial charge in [0.1, 0.15) is 11.6 Å². The molecule has 0 saturated carbocycles. The van der Waals surface area contributed by atoms with Gasteiger partial charge in [0.25, 0.3) is 5.91 Å². The molecule has 1 saturated heterocycles. The summed E-state index contributed by atoms with van der Waals surface area (Å²) in [5.41, 5.74) is 1.10. The SMILES string of the molecule is CNC(=O)c1ccccc1-c1ccc(CC(NC(=O)[C@]2(C)CCCN2S(=O)(=O)c2cc(Cl)cc(Cl)c2)C(=O)O)cc1. The second kappa shape index (κ2) is 12.2. The van der Waals surface area contributed by atoms with Crippen LogP contribution in [0, 0.1) is 0 Å². The van der Waals surface area contributed by atoms with Crippen molar-refractivity contribution >= 4 is 51.0 Å². The molecule has 0 bridgehead atoms. The quantitative estimate of drug-likeness (QED) is 0.326. The third-order valence-electron chi connectivity index (χ3n) is 7.20. The highest BCUT2D eigenvalue weighted by Gasteiger charge is 2.50. The number of sulfonamides is 1. The molecule has 3 aromatic carbocycles. The summed E-state index contributed by atoms with van der Waals surface area (Å²) in [5, 5.41) is 15.3. The number of benzene rings is 3. The molecule has 1 aliphatic rings. The second-order valence-electron chi connectivity index (χ2n) is 9.95. The lowest BCUT2D eigenvalue weighted by Gasteiger charge is -2.34. The molecule has 0 spiro atoms. The number of carboxylic acids is 1. The summed E-state index contributed by atoms with van der Waals surface area (Å²) >= 11 is 12.0. The van der Waals surface area contributed by atoms with Crippen molar-refractivity contribution < 1.29 is 27.9 Å². The largest absolute Gasteiger partial charge is 0.480 e. The molecular formula is C29H29Cl2N3O6S. The van der Waals surface area contributed by atoms with E-state index in [0.29, 0.717) is 17.5 Å². The van der Waals surface area contributed by atoms with Crippen LogP contribution in [-0.4, -0.2) is 60.8 Å². The first-order valence-electron chi connectivity index (χ1n) is 12.8. The molecule has 1 heterocycles. The molecule has 41 heavy (non-hydrogen) atoms. The summed E-state index contributed by atoms with van der Waals surface area (Å²) in [6, 6.07) is 16.8. The van der Waals surface area contributed by atoms with Gasteiger partial charge < -0.3 is 15.7 Å². The van der Waals surface area contributed by atoms with Crippen molar-refractivity contribution in [2.24, 2.45) is 0 Å². The molecule has 3 N–H and O–H groups in total. The Morgan fingerprint density at radius 2 is 1.66 bits per heavy atom. The number of carbonyl (C=O) groups is 3. The summed E-state index contributed by atoms with van der Waals surface area (Å²) < 4.78 is 28.1. The number of amides is 2. The first-order chi connectivity index (χ1) is 19.4. The molecule has 1 unspecified atom stereocenters. The van der Waals surface area contributed by atoms with E-state index in [1.807, 2.05) is 12.1 Å². The zero-order chi connectivity index (χ0) is 29.9. The Hall–Kier alpha value is -3.44. The number of halogens is 2. The Bertz CT molecular complexity index is 1580. The van der Waals surface area contributed by atoms with Gasteiger partial charge in [-0.3, -0.25) is 9.59 Å². The average Bonchev–Trinajstić information content (AvgIpc) is 3.35. The van der Waals surface area contributed by atoms with Crippen molar-refractivity contribution in [1.82, 2.24) is 14.9 Å². The average molecular weight is 619 g/mol. The second-order valence-corrected chi connectivity index (χ2v) is 12.7. The van der Waals surface area contributed by atoms with Crippen LogP contribution < -0.4 is 10.6 Å². The van der Waals surface area contributed by atoms with E-state index in [1.54, 1.807) is 43.4 Å². The van der Waals surface area contributed by atoms with E-state index < -0.39 is 33.5 Å². The number of hydrogen-bond acceptors (Lipinski definition) is 5. The fraction of sp³-hybridized carbons (Fsp3) is 0.276. The van der Waals surface area contributed by atoms with E-state index in [-0.39, 0.29) is 40.2 Å². The highest BCUT2D eigenvalue weighted by Crippen LogP contribution is 2.36. The monoisotopic (exact) mass is 617 g/mol. The lowest BCUT2D eigenvalue weighted by atomic mass is 9.96. The van der Waals surface area contributed by atoms with Crippen molar-refractivity contribution in [3.8, 4) is 11.1 Å². The zero-order valence-corrected chi connectivity index (χ0v) is 24.7. The molecule has 12 heteroatoms. The van der Waals surface area contributed by atoms with Gasteiger partial charge >= 0.3 is 5.97 Å². The van der Waals surface area contributed by atoms with Gasteiger partial charge in [-0.05, 0) is 60.7 Å². The number of nitrogens with zero attached hydrogens (tertiary/aromatic N) is 1. The fourth-order valence-corrected chi connectivity index (χ4v) is 7.53. The van der Waals surface area contributed by atoms with Crippen molar-refractivity contribution in [2.75, 3.05) is 13.6 Å². The van der Waals surface area contributed by atoms with Gasteiger partial charge in [-0.2, -0.15) is 4.31 Å². The van der Waals surface area contributed by atoms with Crippen LogP contribution in [-0.2, 0) is 26.0 Å². The summed E-state index contributed by atoms with van der Waals surface area (Å²) in [4.78, 5) is 37.8. The van der Waals surface area contributed by atoms with Crippen LogP contribution in [0.15, 0.2) is 71.6 Å². The molecule has 9 nitrogen and oxygen atoms in total. The number of carbonyl (C=O) groups excluding carboxylic acids is 2. The third-order valence-corrected chi connectivity index (χ3v) is 9.63. The molecule has 2 atom stereocenters. The summed E-state index contributed by atoms with van der Waals surface area (Å²) in [6.07, 6.45) is 0.581. The van der Waals surface area contributed by atoms with Gasteiger partial charge in [-0.25, -0.2) is 13.2 Å². The molecule has 0 radical (unpaired) electrons. The predicted octanol–water partition coefficient (Wildman–Crippen LogP) is 4.38. The minimum Gasteiger partial charge on any atom is -0.480 e. The van der Waals surface area contributed by atoms with Crippen LogP contribution in [0.1, 0.15) is 35.7 Å². The minimum absolute atomic E-state index is 0.0365. The fourth-order valence-electron chi connectivity index (χ4n) is 4.99. The van der Waals surface area contributed by atoms with Crippen LogP contribution in [0.4, 0.5) is 0 Å². The van der Waals surface area contributed by atoms with E-state index in [2.05, 4.69) is 10.6 Å². The van der Waals surface area contributed by atoms with E-state index in [0.717, 1.165) is 15.4 Å². The summed E-state index contributed by atoms with van der Waals surface area (Å²) in [5.74, 6) is -2.20. The van der Waals surface area contributed by atoms with E-state index >= 15 is 0 Å². The number of rotatable bonds is 9.